The Bertz CT molecular complexity index is 1090. The summed E-state index contributed by atoms with van der Waals surface area (Å²) in [6.45, 7) is 11.8. The van der Waals surface area contributed by atoms with Gasteiger partial charge in [-0.2, -0.15) is 5.10 Å². The zero-order valence-corrected chi connectivity index (χ0v) is 19.3. The molecule has 0 saturated carbocycles. The predicted molar refractivity (Wildman–Crippen MR) is 115 cm³/mol. The van der Waals surface area contributed by atoms with Crippen molar-refractivity contribution in [2.75, 3.05) is 12.9 Å². The van der Waals surface area contributed by atoms with Crippen LogP contribution in [-0.2, 0) is 16.9 Å². The molecule has 2 aromatic rings. The molecule has 0 amide bonds. The van der Waals surface area contributed by atoms with E-state index in [9.17, 15) is 13.2 Å². The summed E-state index contributed by atoms with van der Waals surface area (Å²) in [6, 6.07) is 3.11. The van der Waals surface area contributed by atoms with E-state index < -0.39 is 9.84 Å². The SMILES string of the molecule is CCCOc1c(C(=O)c2ccc(S(C)(=O)=O)c(C(C)=C(C)C)c2C)c(C)nn1C. The second kappa shape index (κ2) is 8.53. The van der Waals surface area contributed by atoms with Crippen LogP contribution in [0.4, 0.5) is 0 Å². The van der Waals surface area contributed by atoms with Crippen LogP contribution in [0.1, 0.15) is 66.9 Å². The fourth-order valence-corrected chi connectivity index (χ4v) is 4.35. The van der Waals surface area contributed by atoms with Crippen molar-refractivity contribution in [3.8, 4) is 5.88 Å². The number of hydrogen-bond acceptors (Lipinski definition) is 5. The van der Waals surface area contributed by atoms with Crippen LogP contribution in [0.25, 0.3) is 5.57 Å². The maximum Gasteiger partial charge on any atom is 0.223 e. The molecule has 6 nitrogen and oxygen atoms in total. The van der Waals surface area contributed by atoms with Gasteiger partial charge in [0, 0.05) is 18.9 Å². The van der Waals surface area contributed by atoms with Crippen molar-refractivity contribution in [1.82, 2.24) is 9.78 Å². The summed E-state index contributed by atoms with van der Waals surface area (Å²) in [5.74, 6) is 0.212. The molecule has 1 aromatic carbocycles. The maximum atomic E-state index is 13.5. The highest BCUT2D eigenvalue weighted by Gasteiger charge is 2.27. The quantitative estimate of drug-likeness (QED) is 0.627. The molecule has 0 aliphatic carbocycles. The molecule has 29 heavy (non-hydrogen) atoms. The molecule has 7 heteroatoms. The van der Waals surface area contributed by atoms with Crippen LogP contribution in [0.2, 0.25) is 0 Å². The highest BCUT2D eigenvalue weighted by molar-refractivity contribution is 7.90. The molecule has 1 aromatic heterocycles. The van der Waals surface area contributed by atoms with Crippen LogP contribution in [0, 0.1) is 13.8 Å². The van der Waals surface area contributed by atoms with Crippen LogP contribution in [0.5, 0.6) is 5.88 Å². The predicted octanol–water partition coefficient (Wildman–Crippen LogP) is 4.27. The van der Waals surface area contributed by atoms with E-state index in [0.717, 1.165) is 17.6 Å². The molecular formula is C22H30N2O4S. The number of aromatic nitrogens is 2. The van der Waals surface area contributed by atoms with Crippen molar-refractivity contribution in [1.29, 1.82) is 0 Å². The fraction of sp³-hybridized carbons (Fsp3) is 0.455. The molecule has 1 heterocycles. The summed E-state index contributed by atoms with van der Waals surface area (Å²) in [4.78, 5) is 13.7. The monoisotopic (exact) mass is 418 g/mol. The van der Waals surface area contributed by atoms with Crippen molar-refractivity contribution in [2.24, 2.45) is 7.05 Å². The third kappa shape index (κ3) is 4.45. The third-order valence-corrected chi connectivity index (χ3v) is 6.17. The van der Waals surface area contributed by atoms with Gasteiger partial charge in [-0.05, 0) is 69.9 Å². The molecule has 158 valence electrons. The van der Waals surface area contributed by atoms with Crippen LogP contribution in [0.3, 0.4) is 0 Å². The lowest BCUT2D eigenvalue weighted by molar-refractivity contribution is 0.103. The van der Waals surface area contributed by atoms with Crippen LogP contribution < -0.4 is 4.74 Å². The molecule has 0 bridgehead atoms. The highest BCUT2D eigenvalue weighted by atomic mass is 32.2. The molecule has 0 spiro atoms. The fourth-order valence-electron chi connectivity index (χ4n) is 3.36. The summed E-state index contributed by atoms with van der Waals surface area (Å²) >= 11 is 0. The zero-order valence-electron chi connectivity index (χ0n) is 18.5. The van der Waals surface area contributed by atoms with Gasteiger partial charge in [0.2, 0.25) is 11.7 Å². The van der Waals surface area contributed by atoms with Gasteiger partial charge in [-0.3, -0.25) is 4.79 Å². The van der Waals surface area contributed by atoms with E-state index in [-0.39, 0.29) is 10.7 Å². The van der Waals surface area contributed by atoms with E-state index in [0.29, 0.717) is 40.4 Å². The van der Waals surface area contributed by atoms with Crippen molar-refractivity contribution < 1.29 is 17.9 Å². The van der Waals surface area contributed by atoms with E-state index in [2.05, 4.69) is 5.10 Å². The Morgan fingerprint density at radius 3 is 2.28 bits per heavy atom. The van der Waals surface area contributed by atoms with E-state index in [1.165, 1.54) is 12.3 Å². The number of ether oxygens (including phenoxy) is 1. The summed E-state index contributed by atoms with van der Waals surface area (Å²) in [5, 5.41) is 4.35. The standard InChI is InChI=1S/C22H30N2O4S/c1-9-12-28-22-20(16(6)23-24(22)7)21(25)17-10-11-18(29(8,26)27)19(15(17)5)14(4)13(2)3/h10-11H,9,12H2,1-8H3. The van der Waals surface area contributed by atoms with Gasteiger partial charge < -0.3 is 4.74 Å². The molecule has 0 radical (unpaired) electrons. The van der Waals surface area contributed by atoms with Gasteiger partial charge in [0.15, 0.2) is 9.84 Å². The second-order valence-corrected chi connectivity index (χ2v) is 9.56. The maximum absolute atomic E-state index is 13.5. The normalized spacial score (nSPS) is 11.4. The number of rotatable bonds is 7. The van der Waals surface area contributed by atoms with Crippen molar-refractivity contribution in [3.63, 3.8) is 0 Å². The minimum atomic E-state index is -3.45. The number of aryl methyl sites for hydroxylation is 2. The molecule has 0 aliphatic heterocycles. The Balaban J connectivity index is 2.77. The van der Waals surface area contributed by atoms with Gasteiger partial charge >= 0.3 is 0 Å². The minimum Gasteiger partial charge on any atom is -0.477 e. The number of carbonyl (C=O) groups excluding carboxylic acids is 1. The third-order valence-electron chi connectivity index (χ3n) is 5.04. The number of hydrogen-bond donors (Lipinski definition) is 0. The first-order chi connectivity index (χ1) is 13.4. The highest BCUT2D eigenvalue weighted by Crippen LogP contribution is 2.33. The molecule has 2 rings (SSSR count). The Hall–Kier alpha value is -2.41. The lowest BCUT2D eigenvalue weighted by Crippen LogP contribution is -2.12. The Morgan fingerprint density at radius 2 is 1.76 bits per heavy atom. The number of nitrogens with zero attached hydrogens (tertiary/aromatic N) is 2. The van der Waals surface area contributed by atoms with Gasteiger partial charge in [0.05, 0.1) is 17.2 Å². The lowest BCUT2D eigenvalue weighted by atomic mass is 9.91. The molecule has 0 fully saturated rings. The van der Waals surface area contributed by atoms with E-state index in [1.54, 1.807) is 31.6 Å². The Kier molecular flexibility index (Phi) is 6.73. The van der Waals surface area contributed by atoms with Crippen LogP contribution in [0.15, 0.2) is 22.6 Å². The summed E-state index contributed by atoms with van der Waals surface area (Å²) < 4.78 is 32.1. The number of benzene rings is 1. The minimum absolute atomic E-state index is 0.220. The van der Waals surface area contributed by atoms with E-state index >= 15 is 0 Å². The number of allylic oxidation sites excluding steroid dienone is 2. The first-order valence-corrected chi connectivity index (χ1v) is 11.5. The number of carbonyl (C=O) groups is 1. The Labute approximate surface area is 173 Å². The van der Waals surface area contributed by atoms with Crippen LogP contribution >= 0.6 is 0 Å². The average Bonchev–Trinajstić information content (AvgIpc) is 2.90. The van der Waals surface area contributed by atoms with Gasteiger partial charge in [0.25, 0.3) is 0 Å². The van der Waals surface area contributed by atoms with E-state index in [1.807, 2.05) is 27.7 Å². The van der Waals surface area contributed by atoms with Gasteiger partial charge in [-0.1, -0.05) is 12.5 Å². The first kappa shape index (κ1) is 22.9. The molecule has 0 N–H and O–H groups in total. The summed E-state index contributed by atoms with van der Waals surface area (Å²) in [5.41, 5.74) is 4.52. The number of ketones is 1. The molecule has 0 saturated heterocycles. The van der Waals surface area contributed by atoms with Gasteiger partial charge in [-0.25, -0.2) is 13.1 Å². The summed E-state index contributed by atoms with van der Waals surface area (Å²) in [6.07, 6.45) is 2.00. The molecular weight excluding hydrogens is 388 g/mol. The van der Waals surface area contributed by atoms with Gasteiger partial charge in [-0.15, -0.1) is 0 Å². The largest absolute Gasteiger partial charge is 0.477 e. The first-order valence-electron chi connectivity index (χ1n) is 9.60. The van der Waals surface area contributed by atoms with Crippen LogP contribution in [-0.4, -0.2) is 36.8 Å². The van der Waals surface area contributed by atoms with Gasteiger partial charge in [0.1, 0.15) is 5.56 Å². The molecule has 0 unspecified atom stereocenters. The Morgan fingerprint density at radius 1 is 1.14 bits per heavy atom. The smallest absolute Gasteiger partial charge is 0.223 e. The zero-order chi connectivity index (χ0) is 22.1. The molecule has 0 atom stereocenters. The average molecular weight is 419 g/mol. The van der Waals surface area contributed by atoms with Crippen molar-refractivity contribution >= 4 is 21.2 Å². The number of sulfone groups is 1. The van der Waals surface area contributed by atoms with Crippen molar-refractivity contribution in [2.45, 2.75) is 52.9 Å². The summed E-state index contributed by atoms with van der Waals surface area (Å²) in [7, 11) is -1.71. The van der Waals surface area contributed by atoms with Crippen molar-refractivity contribution in [3.05, 3.63) is 45.7 Å². The molecule has 0 aliphatic rings. The topological polar surface area (TPSA) is 78.3 Å². The second-order valence-electron chi connectivity index (χ2n) is 7.58. The van der Waals surface area contributed by atoms with E-state index in [4.69, 9.17) is 4.74 Å². The lowest BCUT2D eigenvalue weighted by Gasteiger charge is -2.17.